The summed E-state index contributed by atoms with van der Waals surface area (Å²) in [6, 6.07) is 3.91. The van der Waals surface area contributed by atoms with Crippen molar-refractivity contribution in [1.82, 2.24) is 15.1 Å². The average Bonchev–Trinajstić information content (AvgIpc) is 2.86. The van der Waals surface area contributed by atoms with Gasteiger partial charge < -0.3 is 10.3 Å². The highest BCUT2D eigenvalue weighted by Gasteiger charge is 2.15. The van der Waals surface area contributed by atoms with Gasteiger partial charge >= 0.3 is 0 Å². The molecule has 2 rings (SSSR count). The Morgan fingerprint density at radius 2 is 2.00 bits per heavy atom. The number of pyridine rings is 1. The van der Waals surface area contributed by atoms with Crippen molar-refractivity contribution < 1.29 is 4.52 Å². The quantitative estimate of drug-likeness (QED) is 0.837. The minimum atomic E-state index is 0.407. The summed E-state index contributed by atoms with van der Waals surface area (Å²) in [6.07, 6.45) is 6.05. The summed E-state index contributed by atoms with van der Waals surface area (Å²) in [5.41, 5.74) is 6.93. The Morgan fingerprint density at radius 1 is 1.25 bits per heavy atom. The fraction of sp³-hybridized carbons (Fsp3) is 0.533. The highest BCUT2D eigenvalue weighted by atomic mass is 16.5. The van der Waals surface area contributed by atoms with Gasteiger partial charge in [-0.2, -0.15) is 4.98 Å². The number of nitrogens with two attached hydrogens (primary N) is 1. The van der Waals surface area contributed by atoms with Crippen molar-refractivity contribution in [3.05, 3.63) is 41.8 Å². The lowest BCUT2D eigenvalue weighted by Gasteiger charge is -2.14. The van der Waals surface area contributed by atoms with Gasteiger partial charge in [-0.05, 0) is 42.5 Å². The van der Waals surface area contributed by atoms with Crippen LogP contribution in [-0.2, 0) is 12.8 Å². The van der Waals surface area contributed by atoms with Gasteiger partial charge in [-0.3, -0.25) is 4.98 Å². The molecule has 0 unspecified atom stereocenters. The molecule has 0 fully saturated rings. The molecule has 2 aromatic heterocycles. The molecule has 108 valence electrons. The van der Waals surface area contributed by atoms with E-state index < -0.39 is 0 Å². The second-order valence-electron chi connectivity index (χ2n) is 5.57. The van der Waals surface area contributed by atoms with E-state index in [4.69, 9.17) is 10.3 Å². The van der Waals surface area contributed by atoms with Gasteiger partial charge in [-0.15, -0.1) is 0 Å². The lowest BCUT2D eigenvalue weighted by Crippen LogP contribution is -2.19. The number of hydrogen-bond donors (Lipinski definition) is 1. The molecular formula is C15H22N4O. The minimum Gasteiger partial charge on any atom is -0.339 e. The van der Waals surface area contributed by atoms with Crippen molar-refractivity contribution in [3.63, 3.8) is 0 Å². The SMILES string of the molecule is CC(C)C[C@H](CN)Cc1nc(Cc2ccncc2)no1. The standard InChI is InChI=1S/C15H22N4O/c1-11(2)7-13(10-16)9-15-18-14(19-20-15)8-12-3-5-17-6-4-12/h3-6,11,13H,7-10,16H2,1-2H3/t13-/m0/s1. The average molecular weight is 274 g/mol. The van der Waals surface area contributed by atoms with Gasteiger partial charge in [0.1, 0.15) is 0 Å². The lowest BCUT2D eigenvalue weighted by molar-refractivity contribution is 0.329. The molecule has 5 nitrogen and oxygen atoms in total. The van der Waals surface area contributed by atoms with Gasteiger partial charge in [0.05, 0.1) is 0 Å². The second kappa shape index (κ2) is 7.14. The van der Waals surface area contributed by atoms with Crippen LogP contribution in [0.15, 0.2) is 29.0 Å². The molecule has 20 heavy (non-hydrogen) atoms. The maximum absolute atomic E-state index is 5.80. The largest absolute Gasteiger partial charge is 0.339 e. The van der Waals surface area contributed by atoms with Crippen LogP contribution in [0.4, 0.5) is 0 Å². The van der Waals surface area contributed by atoms with Crippen molar-refractivity contribution in [1.29, 1.82) is 0 Å². The van der Waals surface area contributed by atoms with Crippen LogP contribution in [0.3, 0.4) is 0 Å². The Balaban J connectivity index is 1.95. The number of aromatic nitrogens is 3. The molecule has 2 aromatic rings. The summed E-state index contributed by atoms with van der Waals surface area (Å²) in [7, 11) is 0. The molecule has 2 N–H and O–H groups in total. The third-order valence-corrected chi connectivity index (χ3v) is 3.22. The van der Waals surface area contributed by atoms with Crippen molar-refractivity contribution in [3.8, 4) is 0 Å². The second-order valence-corrected chi connectivity index (χ2v) is 5.57. The number of hydrogen-bond acceptors (Lipinski definition) is 5. The van der Waals surface area contributed by atoms with Gasteiger partial charge in [-0.25, -0.2) is 0 Å². The van der Waals surface area contributed by atoms with E-state index in [1.54, 1.807) is 12.4 Å². The zero-order chi connectivity index (χ0) is 14.4. The topological polar surface area (TPSA) is 77.8 Å². The minimum absolute atomic E-state index is 0.407. The molecule has 0 saturated heterocycles. The van der Waals surface area contributed by atoms with Crippen LogP contribution in [0.1, 0.15) is 37.5 Å². The first-order chi connectivity index (χ1) is 9.67. The molecule has 2 heterocycles. The van der Waals surface area contributed by atoms with Gasteiger partial charge in [0.15, 0.2) is 5.82 Å². The number of nitrogens with zero attached hydrogens (tertiary/aromatic N) is 3. The van der Waals surface area contributed by atoms with E-state index in [1.165, 1.54) is 0 Å². The predicted octanol–water partition coefficient (Wildman–Crippen LogP) is 2.22. The van der Waals surface area contributed by atoms with E-state index in [9.17, 15) is 0 Å². The summed E-state index contributed by atoms with van der Waals surface area (Å²) >= 11 is 0. The van der Waals surface area contributed by atoms with Crippen LogP contribution in [0, 0.1) is 11.8 Å². The van der Waals surface area contributed by atoms with Gasteiger partial charge in [0, 0.05) is 25.2 Å². The van der Waals surface area contributed by atoms with E-state index in [1.807, 2.05) is 12.1 Å². The molecule has 0 aliphatic carbocycles. The van der Waals surface area contributed by atoms with Crippen molar-refractivity contribution in [2.24, 2.45) is 17.6 Å². The van der Waals surface area contributed by atoms with E-state index >= 15 is 0 Å². The summed E-state index contributed by atoms with van der Waals surface area (Å²) in [5, 5.41) is 4.03. The fourth-order valence-electron chi connectivity index (χ4n) is 2.30. The Morgan fingerprint density at radius 3 is 2.65 bits per heavy atom. The van der Waals surface area contributed by atoms with Crippen LogP contribution in [0.5, 0.6) is 0 Å². The maximum Gasteiger partial charge on any atom is 0.226 e. The van der Waals surface area contributed by atoms with Crippen LogP contribution in [-0.4, -0.2) is 21.7 Å². The first-order valence-corrected chi connectivity index (χ1v) is 7.07. The predicted molar refractivity (Wildman–Crippen MR) is 77.0 cm³/mol. The molecule has 0 aliphatic heterocycles. The first kappa shape index (κ1) is 14.7. The number of rotatable bonds is 7. The monoisotopic (exact) mass is 274 g/mol. The van der Waals surface area contributed by atoms with Gasteiger partial charge in [-0.1, -0.05) is 19.0 Å². The van der Waals surface area contributed by atoms with Crippen LogP contribution in [0.2, 0.25) is 0 Å². The molecule has 0 bridgehead atoms. The van der Waals surface area contributed by atoms with Crippen molar-refractivity contribution in [2.75, 3.05) is 6.54 Å². The Labute approximate surface area is 119 Å². The highest BCUT2D eigenvalue weighted by molar-refractivity contribution is 5.14. The van der Waals surface area contributed by atoms with E-state index in [-0.39, 0.29) is 0 Å². The summed E-state index contributed by atoms with van der Waals surface area (Å²) in [5.74, 6) is 2.43. The van der Waals surface area contributed by atoms with Crippen molar-refractivity contribution in [2.45, 2.75) is 33.1 Å². The molecule has 0 spiro atoms. The van der Waals surface area contributed by atoms with Crippen molar-refractivity contribution >= 4 is 0 Å². The summed E-state index contributed by atoms with van der Waals surface area (Å²) < 4.78 is 5.32. The van der Waals surface area contributed by atoms with E-state index in [0.717, 1.165) is 18.4 Å². The Bertz CT molecular complexity index is 510. The molecule has 0 radical (unpaired) electrons. The molecule has 1 atom stereocenters. The molecule has 0 aliphatic rings. The third kappa shape index (κ3) is 4.42. The molecule has 5 heteroatoms. The maximum atomic E-state index is 5.80. The van der Waals surface area contributed by atoms with Crippen LogP contribution < -0.4 is 5.73 Å². The first-order valence-electron chi connectivity index (χ1n) is 7.07. The Kier molecular flexibility index (Phi) is 5.24. The normalized spacial score (nSPS) is 12.8. The molecule has 0 saturated carbocycles. The smallest absolute Gasteiger partial charge is 0.226 e. The molecule has 0 aromatic carbocycles. The fourth-order valence-corrected chi connectivity index (χ4v) is 2.30. The summed E-state index contributed by atoms with van der Waals surface area (Å²) in [4.78, 5) is 8.44. The zero-order valence-corrected chi connectivity index (χ0v) is 12.1. The van der Waals surface area contributed by atoms with Crippen LogP contribution in [0.25, 0.3) is 0 Å². The molecule has 0 amide bonds. The summed E-state index contributed by atoms with van der Waals surface area (Å²) in [6.45, 7) is 5.05. The highest BCUT2D eigenvalue weighted by Crippen LogP contribution is 2.16. The van der Waals surface area contributed by atoms with Gasteiger partial charge in [0.25, 0.3) is 0 Å². The zero-order valence-electron chi connectivity index (χ0n) is 12.1. The van der Waals surface area contributed by atoms with E-state index in [2.05, 4.69) is 29.0 Å². The molecular weight excluding hydrogens is 252 g/mol. The van der Waals surface area contributed by atoms with Crippen LogP contribution >= 0.6 is 0 Å². The van der Waals surface area contributed by atoms with E-state index in [0.29, 0.717) is 36.5 Å². The lowest BCUT2D eigenvalue weighted by atomic mass is 9.94. The van der Waals surface area contributed by atoms with Gasteiger partial charge in [0.2, 0.25) is 5.89 Å². The Hall–Kier alpha value is -1.75. The third-order valence-electron chi connectivity index (χ3n) is 3.22.